The molecule has 6 nitrogen and oxygen atoms in total. The van der Waals surface area contributed by atoms with E-state index < -0.39 is 10.0 Å². The average molecular weight is 340 g/mol. The smallest absolute Gasteiger partial charge is 0.254 e. The third-order valence-corrected chi connectivity index (χ3v) is 6.04. The van der Waals surface area contributed by atoms with Gasteiger partial charge < -0.3 is 9.64 Å². The van der Waals surface area contributed by atoms with E-state index in [0.717, 1.165) is 0 Å². The molecular weight excluding hydrogens is 316 g/mol. The predicted molar refractivity (Wildman–Crippen MR) is 87.8 cm³/mol. The fourth-order valence-electron chi connectivity index (χ4n) is 2.42. The molecule has 1 aromatic carbocycles. The van der Waals surface area contributed by atoms with Gasteiger partial charge in [0.05, 0.1) is 17.6 Å². The average Bonchev–Trinajstić information content (AvgIpc) is 2.53. The van der Waals surface area contributed by atoms with Gasteiger partial charge in [-0.25, -0.2) is 8.42 Å². The van der Waals surface area contributed by atoms with Gasteiger partial charge in [-0.3, -0.25) is 4.79 Å². The first kappa shape index (κ1) is 17.9. The van der Waals surface area contributed by atoms with Crippen molar-refractivity contribution in [3.8, 4) is 0 Å². The second-order valence-corrected chi connectivity index (χ2v) is 8.07. The number of hydrogen-bond acceptors (Lipinski definition) is 4. The number of benzene rings is 1. The molecule has 0 saturated carbocycles. The molecule has 1 aliphatic heterocycles. The van der Waals surface area contributed by atoms with Crippen LogP contribution in [0.25, 0.3) is 0 Å². The Morgan fingerprint density at radius 3 is 2.70 bits per heavy atom. The highest BCUT2D eigenvalue weighted by Crippen LogP contribution is 2.19. The zero-order valence-electron chi connectivity index (χ0n) is 14.0. The van der Waals surface area contributed by atoms with Gasteiger partial charge in [0.2, 0.25) is 10.0 Å². The van der Waals surface area contributed by atoms with Crippen molar-refractivity contribution >= 4 is 15.9 Å². The summed E-state index contributed by atoms with van der Waals surface area (Å²) in [6.45, 7) is 7.07. The van der Waals surface area contributed by atoms with Crippen molar-refractivity contribution in [2.45, 2.75) is 37.8 Å². The summed E-state index contributed by atoms with van der Waals surface area (Å²) in [5, 5.41) is 0. The van der Waals surface area contributed by atoms with Gasteiger partial charge in [-0.15, -0.1) is 0 Å². The summed E-state index contributed by atoms with van der Waals surface area (Å²) >= 11 is 0. The van der Waals surface area contributed by atoms with E-state index in [0.29, 0.717) is 25.3 Å². The molecule has 1 heterocycles. The van der Waals surface area contributed by atoms with E-state index in [1.807, 2.05) is 20.8 Å². The van der Waals surface area contributed by atoms with Crippen molar-refractivity contribution in [3.63, 3.8) is 0 Å². The van der Waals surface area contributed by atoms with Crippen molar-refractivity contribution in [1.82, 2.24) is 9.21 Å². The van der Waals surface area contributed by atoms with Gasteiger partial charge in [-0.05, 0) is 39.0 Å². The van der Waals surface area contributed by atoms with Crippen LogP contribution < -0.4 is 0 Å². The van der Waals surface area contributed by atoms with Crippen LogP contribution in [0, 0.1) is 0 Å². The number of morpholine rings is 1. The van der Waals surface area contributed by atoms with Crippen molar-refractivity contribution in [2.24, 2.45) is 0 Å². The third-order valence-electron chi connectivity index (χ3n) is 4.01. The van der Waals surface area contributed by atoms with Crippen LogP contribution in [0.4, 0.5) is 0 Å². The van der Waals surface area contributed by atoms with E-state index in [9.17, 15) is 13.2 Å². The van der Waals surface area contributed by atoms with Crippen LogP contribution in [-0.2, 0) is 14.8 Å². The first-order valence-corrected chi connectivity index (χ1v) is 9.16. The molecule has 1 fully saturated rings. The van der Waals surface area contributed by atoms with E-state index in [1.54, 1.807) is 17.0 Å². The third kappa shape index (κ3) is 3.91. The van der Waals surface area contributed by atoms with Gasteiger partial charge in [0.15, 0.2) is 0 Å². The SMILES string of the molecule is CC1CN(C(=O)c2cccc(S(=O)(=O)N(C)C(C)C)c2)CCO1. The molecule has 1 amide bonds. The van der Waals surface area contributed by atoms with Gasteiger partial charge in [-0.1, -0.05) is 6.07 Å². The molecule has 128 valence electrons. The number of nitrogens with zero attached hydrogens (tertiary/aromatic N) is 2. The van der Waals surface area contributed by atoms with E-state index >= 15 is 0 Å². The standard InChI is InChI=1S/C16H24N2O4S/c1-12(2)17(4)23(20,21)15-7-5-6-14(10-15)16(19)18-8-9-22-13(3)11-18/h5-7,10,12-13H,8-9,11H2,1-4H3. The summed E-state index contributed by atoms with van der Waals surface area (Å²) in [6, 6.07) is 6.08. The Kier molecular flexibility index (Phi) is 5.44. The number of sulfonamides is 1. The van der Waals surface area contributed by atoms with Gasteiger partial charge in [0.1, 0.15) is 0 Å². The maximum atomic E-state index is 12.6. The van der Waals surface area contributed by atoms with Gasteiger partial charge >= 0.3 is 0 Å². The summed E-state index contributed by atoms with van der Waals surface area (Å²) in [6.07, 6.45) is -0.00769. The van der Waals surface area contributed by atoms with Crippen molar-refractivity contribution in [1.29, 1.82) is 0 Å². The monoisotopic (exact) mass is 340 g/mol. The Morgan fingerprint density at radius 2 is 2.09 bits per heavy atom. The molecule has 0 aromatic heterocycles. The van der Waals surface area contributed by atoms with Crippen LogP contribution >= 0.6 is 0 Å². The Balaban J connectivity index is 2.28. The molecule has 7 heteroatoms. The van der Waals surface area contributed by atoms with Gasteiger partial charge in [0, 0.05) is 31.7 Å². The van der Waals surface area contributed by atoms with Gasteiger partial charge in [-0.2, -0.15) is 4.31 Å². The molecule has 1 saturated heterocycles. The molecule has 0 aliphatic carbocycles. The number of carbonyl (C=O) groups excluding carboxylic acids is 1. The van der Waals surface area contributed by atoms with Crippen molar-refractivity contribution in [2.75, 3.05) is 26.7 Å². The van der Waals surface area contributed by atoms with E-state index in [4.69, 9.17) is 4.74 Å². The minimum Gasteiger partial charge on any atom is -0.375 e. The Bertz CT molecular complexity index is 672. The molecule has 0 N–H and O–H groups in total. The normalized spacial score (nSPS) is 19.4. The van der Waals surface area contributed by atoms with Crippen LogP contribution in [0.5, 0.6) is 0 Å². The van der Waals surface area contributed by atoms with E-state index in [-0.39, 0.29) is 22.9 Å². The summed E-state index contributed by atoms with van der Waals surface area (Å²) in [5.74, 6) is -0.163. The predicted octanol–water partition coefficient (Wildman–Crippen LogP) is 1.58. The number of ether oxygens (including phenoxy) is 1. The van der Waals surface area contributed by atoms with E-state index in [2.05, 4.69) is 0 Å². The Morgan fingerprint density at radius 1 is 1.39 bits per heavy atom. The van der Waals surface area contributed by atoms with Crippen LogP contribution in [0.15, 0.2) is 29.2 Å². The summed E-state index contributed by atoms with van der Waals surface area (Å²) < 4.78 is 31.8. The molecule has 1 aromatic rings. The molecule has 1 atom stereocenters. The highest BCUT2D eigenvalue weighted by Gasteiger charge is 2.26. The van der Waals surface area contributed by atoms with E-state index in [1.165, 1.54) is 23.5 Å². The molecule has 1 unspecified atom stereocenters. The number of rotatable bonds is 4. The second kappa shape index (κ2) is 6.98. The molecule has 1 aliphatic rings. The quantitative estimate of drug-likeness (QED) is 0.834. The van der Waals surface area contributed by atoms with Crippen LogP contribution in [0.1, 0.15) is 31.1 Å². The summed E-state index contributed by atoms with van der Waals surface area (Å²) in [5.41, 5.74) is 0.386. The minimum absolute atomic E-state index is 0.00769. The first-order valence-electron chi connectivity index (χ1n) is 7.72. The Labute approximate surface area is 138 Å². The topological polar surface area (TPSA) is 66.9 Å². The fourth-order valence-corrected chi connectivity index (χ4v) is 3.83. The second-order valence-electron chi connectivity index (χ2n) is 6.08. The molecule has 2 rings (SSSR count). The summed E-state index contributed by atoms with van der Waals surface area (Å²) in [4.78, 5) is 14.4. The molecule has 0 radical (unpaired) electrons. The summed E-state index contributed by atoms with van der Waals surface area (Å²) in [7, 11) is -2.06. The fraction of sp³-hybridized carbons (Fsp3) is 0.562. The van der Waals surface area contributed by atoms with Crippen LogP contribution in [0.2, 0.25) is 0 Å². The highest BCUT2D eigenvalue weighted by molar-refractivity contribution is 7.89. The first-order chi connectivity index (χ1) is 10.7. The maximum Gasteiger partial charge on any atom is 0.254 e. The maximum absolute atomic E-state index is 12.6. The largest absolute Gasteiger partial charge is 0.375 e. The molecular formula is C16H24N2O4S. The number of amides is 1. The highest BCUT2D eigenvalue weighted by atomic mass is 32.2. The lowest BCUT2D eigenvalue weighted by Crippen LogP contribution is -2.44. The van der Waals surface area contributed by atoms with Crippen molar-refractivity contribution in [3.05, 3.63) is 29.8 Å². The van der Waals surface area contributed by atoms with Gasteiger partial charge in [0.25, 0.3) is 5.91 Å². The lowest BCUT2D eigenvalue weighted by atomic mass is 10.2. The van der Waals surface area contributed by atoms with Crippen molar-refractivity contribution < 1.29 is 17.9 Å². The lowest BCUT2D eigenvalue weighted by Gasteiger charge is -2.31. The van der Waals surface area contributed by atoms with Crippen LogP contribution in [-0.4, -0.2) is 62.4 Å². The minimum atomic E-state index is -3.60. The Hall–Kier alpha value is -1.44. The lowest BCUT2D eigenvalue weighted by molar-refractivity contribution is -0.0124. The van der Waals surface area contributed by atoms with Crippen LogP contribution in [0.3, 0.4) is 0 Å². The number of hydrogen-bond donors (Lipinski definition) is 0. The molecule has 23 heavy (non-hydrogen) atoms. The molecule has 0 bridgehead atoms. The number of carbonyl (C=O) groups is 1. The zero-order valence-corrected chi connectivity index (χ0v) is 14.8. The molecule has 0 spiro atoms. The zero-order chi connectivity index (χ0) is 17.2.